The van der Waals surface area contributed by atoms with Gasteiger partial charge in [0.15, 0.2) is 0 Å². The topological polar surface area (TPSA) is 46.5 Å². The van der Waals surface area contributed by atoms with Gasteiger partial charge in [0.1, 0.15) is 10.9 Å². The van der Waals surface area contributed by atoms with Crippen LogP contribution in [0.15, 0.2) is 12.7 Å². The van der Waals surface area contributed by atoms with Crippen LogP contribution in [0.5, 0.6) is 0 Å². The summed E-state index contributed by atoms with van der Waals surface area (Å²) in [5.74, 6) is -2.70. The highest BCUT2D eigenvalue weighted by Crippen LogP contribution is 2.74. The lowest BCUT2D eigenvalue weighted by molar-refractivity contribution is -0.249. The van der Waals surface area contributed by atoms with Crippen LogP contribution in [-0.4, -0.2) is 22.7 Å². The van der Waals surface area contributed by atoms with Gasteiger partial charge in [0.25, 0.3) is 0 Å². The average molecular weight is 299 g/mol. The molecule has 0 aromatic heterocycles. The molecule has 1 N–H and O–H groups in total. The number of carboxylic acid groups (broad SMARTS) is 1. The van der Waals surface area contributed by atoms with Gasteiger partial charge >= 0.3 is 12.1 Å². The summed E-state index contributed by atoms with van der Waals surface area (Å²) in [6, 6.07) is 0. The van der Waals surface area contributed by atoms with Crippen LogP contribution in [0, 0.1) is 16.7 Å². The van der Waals surface area contributed by atoms with E-state index in [4.69, 9.17) is 5.11 Å². The van der Waals surface area contributed by atoms with Gasteiger partial charge in [0, 0.05) is 0 Å². The van der Waals surface area contributed by atoms with E-state index in [-0.39, 0.29) is 5.52 Å². The summed E-state index contributed by atoms with van der Waals surface area (Å²) in [5.41, 5.74) is -3.05. The first-order valence-corrected chi connectivity index (χ1v) is 5.75. The second-order valence-corrected chi connectivity index (χ2v) is 4.81. The lowest BCUT2D eigenvalue weighted by Crippen LogP contribution is -2.29. The third-order valence-corrected chi connectivity index (χ3v) is 3.65. The molecule has 0 spiro atoms. The molecule has 2 unspecified atom stereocenters. The molecule has 1 aliphatic rings. The fourth-order valence-corrected chi connectivity index (χ4v) is 2.81. The maximum Gasteiger partial charge on any atom is 0.361 e. The molecule has 1 rings (SSSR count). The molecule has 0 heterocycles. The number of hydrogen-bond donors (Lipinski definition) is 1. The SMILES string of the molecule is C=CC1(C(=O)O)C(C(F)(F)OCBr)C1(C)C. The molecule has 3 nitrogen and oxygen atoms in total. The minimum absolute atomic E-state index is 0.348. The largest absolute Gasteiger partial charge is 0.481 e. The third kappa shape index (κ3) is 1.50. The van der Waals surface area contributed by atoms with Crippen LogP contribution >= 0.6 is 15.9 Å². The molecule has 2 atom stereocenters. The van der Waals surface area contributed by atoms with Crippen LogP contribution < -0.4 is 0 Å². The van der Waals surface area contributed by atoms with Crippen molar-refractivity contribution in [3.63, 3.8) is 0 Å². The molecule has 0 bridgehead atoms. The zero-order valence-corrected chi connectivity index (χ0v) is 10.6. The minimum Gasteiger partial charge on any atom is -0.481 e. The normalized spacial score (nSPS) is 32.2. The number of hydrogen-bond acceptors (Lipinski definition) is 2. The van der Waals surface area contributed by atoms with Crippen molar-refractivity contribution >= 4 is 21.9 Å². The third-order valence-electron chi connectivity index (χ3n) is 3.42. The summed E-state index contributed by atoms with van der Waals surface area (Å²) in [6.07, 6.45) is -2.41. The van der Waals surface area contributed by atoms with E-state index in [0.717, 1.165) is 6.08 Å². The Morgan fingerprint density at radius 3 is 2.44 bits per heavy atom. The van der Waals surface area contributed by atoms with Crippen LogP contribution in [0.1, 0.15) is 13.8 Å². The number of rotatable bonds is 5. The Morgan fingerprint density at radius 2 is 2.19 bits per heavy atom. The molecule has 0 aromatic rings. The van der Waals surface area contributed by atoms with Gasteiger partial charge in [-0.05, 0) is 5.41 Å². The van der Waals surface area contributed by atoms with Crippen molar-refractivity contribution in [3.05, 3.63) is 12.7 Å². The van der Waals surface area contributed by atoms with Crippen LogP contribution in [0.4, 0.5) is 8.78 Å². The van der Waals surface area contributed by atoms with Crippen molar-refractivity contribution in [2.24, 2.45) is 16.7 Å². The van der Waals surface area contributed by atoms with Gasteiger partial charge in [-0.25, -0.2) is 0 Å². The number of carboxylic acids is 1. The lowest BCUT2D eigenvalue weighted by atomic mass is 9.96. The molecule has 1 saturated carbocycles. The van der Waals surface area contributed by atoms with E-state index in [1.165, 1.54) is 13.8 Å². The Labute approximate surface area is 101 Å². The standard InChI is InChI=1S/C10H13BrF2O3/c1-4-9(7(14)15)6(8(9,2)3)10(12,13)16-5-11/h4,6H,1,5H2,2-3H3,(H,14,15). The summed E-state index contributed by atoms with van der Waals surface area (Å²) in [6.45, 7) is 6.30. The average Bonchev–Trinajstić information content (AvgIpc) is 2.64. The Morgan fingerprint density at radius 1 is 1.69 bits per heavy atom. The van der Waals surface area contributed by atoms with Gasteiger partial charge in [-0.1, -0.05) is 35.9 Å². The van der Waals surface area contributed by atoms with Crippen LogP contribution in [-0.2, 0) is 9.53 Å². The first-order chi connectivity index (χ1) is 7.18. The van der Waals surface area contributed by atoms with E-state index >= 15 is 0 Å². The molecule has 16 heavy (non-hydrogen) atoms. The predicted molar refractivity (Wildman–Crippen MR) is 57.4 cm³/mol. The molecule has 0 aromatic carbocycles. The van der Waals surface area contributed by atoms with Crippen molar-refractivity contribution in [2.75, 3.05) is 5.52 Å². The van der Waals surface area contributed by atoms with Crippen LogP contribution in [0.2, 0.25) is 0 Å². The molecule has 0 radical (unpaired) electrons. The van der Waals surface area contributed by atoms with Gasteiger partial charge in [-0.3, -0.25) is 4.79 Å². The van der Waals surface area contributed by atoms with E-state index in [1.54, 1.807) is 0 Å². The van der Waals surface area contributed by atoms with E-state index < -0.39 is 28.8 Å². The van der Waals surface area contributed by atoms with E-state index in [9.17, 15) is 13.6 Å². The van der Waals surface area contributed by atoms with Crippen molar-refractivity contribution < 1.29 is 23.4 Å². The molecule has 6 heteroatoms. The predicted octanol–water partition coefficient (Wildman–Crippen LogP) is 2.86. The van der Waals surface area contributed by atoms with Crippen molar-refractivity contribution in [1.82, 2.24) is 0 Å². The maximum absolute atomic E-state index is 13.6. The van der Waals surface area contributed by atoms with Gasteiger partial charge in [0.2, 0.25) is 0 Å². The summed E-state index contributed by atoms with van der Waals surface area (Å²) in [7, 11) is 0. The Bertz CT molecular complexity index is 330. The second-order valence-electron chi connectivity index (χ2n) is 4.35. The number of alkyl halides is 3. The molecule has 92 valence electrons. The first kappa shape index (κ1) is 13.6. The molecule has 1 aliphatic carbocycles. The molecular formula is C10H13BrF2O3. The van der Waals surface area contributed by atoms with E-state index in [0.29, 0.717) is 0 Å². The zero-order valence-electron chi connectivity index (χ0n) is 8.97. The minimum atomic E-state index is -3.49. The highest BCUT2D eigenvalue weighted by Gasteiger charge is 2.82. The highest BCUT2D eigenvalue weighted by molar-refractivity contribution is 9.09. The molecule has 0 saturated heterocycles. The summed E-state index contributed by atoms with van der Waals surface area (Å²) in [5, 5.41) is 9.07. The number of aliphatic carboxylic acids is 1. The van der Waals surface area contributed by atoms with Gasteiger partial charge in [0.05, 0.1) is 5.92 Å². The first-order valence-electron chi connectivity index (χ1n) is 4.63. The summed E-state index contributed by atoms with van der Waals surface area (Å²) < 4.78 is 31.4. The number of halogens is 3. The Kier molecular flexibility index (Phi) is 3.20. The number of carbonyl (C=O) groups is 1. The van der Waals surface area contributed by atoms with Crippen LogP contribution in [0.25, 0.3) is 0 Å². The quantitative estimate of drug-likeness (QED) is 0.627. The van der Waals surface area contributed by atoms with Gasteiger partial charge < -0.3 is 9.84 Å². The monoisotopic (exact) mass is 298 g/mol. The van der Waals surface area contributed by atoms with E-state index in [2.05, 4.69) is 27.2 Å². The van der Waals surface area contributed by atoms with Crippen molar-refractivity contribution in [2.45, 2.75) is 20.0 Å². The Hall–Kier alpha value is -0.490. The molecule has 1 fully saturated rings. The van der Waals surface area contributed by atoms with Crippen molar-refractivity contribution in [1.29, 1.82) is 0 Å². The van der Waals surface area contributed by atoms with Gasteiger partial charge in [-0.2, -0.15) is 8.78 Å². The fraction of sp³-hybridized carbons (Fsp3) is 0.700. The zero-order chi connectivity index (χ0) is 12.8. The maximum atomic E-state index is 13.6. The molecule has 0 amide bonds. The smallest absolute Gasteiger partial charge is 0.361 e. The fourth-order valence-electron chi connectivity index (χ4n) is 2.51. The van der Waals surface area contributed by atoms with Crippen LogP contribution in [0.3, 0.4) is 0 Å². The van der Waals surface area contributed by atoms with E-state index in [1.807, 2.05) is 0 Å². The number of ether oxygens (including phenoxy) is 1. The second kappa shape index (κ2) is 3.77. The summed E-state index contributed by atoms with van der Waals surface area (Å²) >= 11 is 2.74. The van der Waals surface area contributed by atoms with Crippen molar-refractivity contribution in [3.8, 4) is 0 Å². The summed E-state index contributed by atoms with van der Waals surface area (Å²) in [4.78, 5) is 11.1. The molecular weight excluding hydrogens is 286 g/mol. The highest BCUT2D eigenvalue weighted by atomic mass is 79.9. The lowest BCUT2D eigenvalue weighted by Gasteiger charge is -2.17. The molecule has 0 aliphatic heterocycles. The van der Waals surface area contributed by atoms with Gasteiger partial charge in [-0.15, -0.1) is 6.58 Å². The Balaban J connectivity index is 3.10.